The number of phenolic OH excluding ortho intramolecular Hbond substituents is 1. The summed E-state index contributed by atoms with van der Waals surface area (Å²) in [6.07, 6.45) is -2.42. The van der Waals surface area contributed by atoms with E-state index in [1.54, 1.807) is 12.1 Å². The molecule has 9 nitrogen and oxygen atoms in total. The number of hydrogen-bond acceptors (Lipinski definition) is 9. The molecule has 2 unspecified atom stereocenters. The van der Waals surface area contributed by atoms with Crippen molar-refractivity contribution in [3.05, 3.63) is 35.4 Å². The molecule has 0 bridgehead atoms. The monoisotopic (exact) mass is 410 g/mol. The van der Waals surface area contributed by atoms with E-state index in [2.05, 4.69) is 0 Å². The lowest BCUT2D eigenvalue weighted by atomic mass is 10.0. The zero-order chi connectivity index (χ0) is 21.6. The van der Waals surface area contributed by atoms with E-state index in [1.807, 2.05) is 0 Å². The first-order chi connectivity index (χ1) is 13.9. The summed E-state index contributed by atoms with van der Waals surface area (Å²) in [6, 6.07) is 5.95. The first-order valence-electron chi connectivity index (χ1n) is 8.70. The Labute approximate surface area is 168 Å². The van der Waals surface area contributed by atoms with E-state index in [0.29, 0.717) is 11.1 Å². The molecule has 0 amide bonds. The van der Waals surface area contributed by atoms with Gasteiger partial charge in [0.15, 0.2) is 29.1 Å². The average Bonchev–Trinajstić information content (AvgIpc) is 2.76. The fraction of sp³-hybridized carbons (Fsp3) is 0.400. The normalized spacial score (nSPS) is 12.8. The third-order valence-corrected chi connectivity index (χ3v) is 4.35. The highest BCUT2D eigenvalue weighted by Gasteiger charge is 2.28. The number of methoxy groups -OCH3 is 4. The molecule has 29 heavy (non-hydrogen) atoms. The third-order valence-electron chi connectivity index (χ3n) is 4.35. The maximum Gasteiger partial charge on any atom is 0.204 e. The Hall–Kier alpha value is -2.88. The topological polar surface area (TPSA) is 127 Å². The molecule has 2 aromatic rings. The number of ether oxygens (including phenoxy) is 5. The molecule has 9 heteroatoms. The number of hydrogen-bond donors (Lipinski definition) is 4. The SMILES string of the molecule is COc1cc(C(O)C(CO)Oc2c(OC)cc(CO)cc2OC)cc(OC)c1O. The third kappa shape index (κ3) is 4.76. The Morgan fingerprint density at radius 2 is 1.28 bits per heavy atom. The van der Waals surface area contributed by atoms with Crippen LogP contribution in [0.1, 0.15) is 17.2 Å². The van der Waals surface area contributed by atoms with E-state index < -0.39 is 18.8 Å². The second-order valence-corrected chi connectivity index (χ2v) is 6.05. The number of rotatable bonds is 10. The van der Waals surface area contributed by atoms with Gasteiger partial charge in [0.2, 0.25) is 11.5 Å². The average molecular weight is 410 g/mol. The summed E-state index contributed by atoms with van der Waals surface area (Å²) in [5, 5.41) is 40.1. The van der Waals surface area contributed by atoms with Crippen LogP contribution in [0.15, 0.2) is 24.3 Å². The zero-order valence-corrected chi connectivity index (χ0v) is 16.7. The van der Waals surface area contributed by atoms with Crippen LogP contribution in [-0.4, -0.2) is 61.6 Å². The number of aliphatic hydroxyl groups is 3. The maximum absolute atomic E-state index is 10.8. The molecule has 2 aromatic carbocycles. The standard InChI is InChI=1S/C20H26O9/c1-25-13-7-12(8-14(26-2)19(13)24)18(23)17(10-22)29-20-15(27-3)5-11(9-21)6-16(20)28-4/h5-8,17-18,21-24H,9-10H2,1-4H3. The fourth-order valence-electron chi connectivity index (χ4n) is 2.79. The Bertz CT molecular complexity index is 772. The van der Waals surface area contributed by atoms with Crippen LogP contribution >= 0.6 is 0 Å². The Balaban J connectivity index is 2.42. The van der Waals surface area contributed by atoms with Crippen molar-refractivity contribution in [1.82, 2.24) is 0 Å². The van der Waals surface area contributed by atoms with Gasteiger partial charge in [-0.1, -0.05) is 0 Å². The molecule has 0 aromatic heterocycles. The van der Waals surface area contributed by atoms with Gasteiger partial charge >= 0.3 is 0 Å². The smallest absolute Gasteiger partial charge is 0.204 e. The molecule has 2 atom stereocenters. The van der Waals surface area contributed by atoms with Crippen molar-refractivity contribution in [2.45, 2.75) is 18.8 Å². The molecular weight excluding hydrogens is 384 g/mol. The number of phenols is 1. The lowest BCUT2D eigenvalue weighted by Gasteiger charge is -2.25. The molecule has 2 rings (SSSR count). The van der Waals surface area contributed by atoms with Gasteiger partial charge in [-0.15, -0.1) is 0 Å². The van der Waals surface area contributed by atoms with E-state index in [9.17, 15) is 20.4 Å². The summed E-state index contributed by atoms with van der Waals surface area (Å²) in [4.78, 5) is 0. The molecule has 0 saturated heterocycles. The highest BCUT2D eigenvalue weighted by atomic mass is 16.6. The molecule has 0 heterocycles. The summed E-state index contributed by atoms with van der Waals surface area (Å²) in [6.45, 7) is -0.771. The van der Waals surface area contributed by atoms with Crippen LogP contribution in [0, 0.1) is 0 Å². The van der Waals surface area contributed by atoms with Gasteiger partial charge in [-0.25, -0.2) is 0 Å². The van der Waals surface area contributed by atoms with Gasteiger partial charge in [-0.2, -0.15) is 0 Å². The summed E-state index contributed by atoms with van der Waals surface area (Å²) in [5.41, 5.74) is 0.834. The molecule has 4 N–H and O–H groups in total. The summed E-state index contributed by atoms with van der Waals surface area (Å²) in [7, 11) is 5.57. The van der Waals surface area contributed by atoms with Crippen LogP contribution in [0.25, 0.3) is 0 Å². The minimum absolute atomic E-state index is 0.0950. The molecule has 0 aliphatic rings. The molecule has 0 aliphatic heterocycles. The predicted octanol–water partition coefficient (Wildman–Crippen LogP) is 1.39. The van der Waals surface area contributed by atoms with E-state index in [4.69, 9.17) is 23.7 Å². The quantitative estimate of drug-likeness (QED) is 0.459. The highest BCUT2D eigenvalue weighted by Crippen LogP contribution is 2.42. The minimum Gasteiger partial charge on any atom is -0.502 e. The van der Waals surface area contributed by atoms with Crippen LogP contribution in [0.2, 0.25) is 0 Å². The second-order valence-electron chi connectivity index (χ2n) is 6.05. The molecule has 0 saturated carbocycles. The van der Waals surface area contributed by atoms with Crippen molar-refractivity contribution in [3.63, 3.8) is 0 Å². The second kappa shape index (κ2) is 10.1. The lowest BCUT2D eigenvalue weighted by molar-refractivity contribution is -0.00187. The van der Waals surface area contributed by atoms with E-state index in [1.165, 1.54) is 40.6 Å². The van der Waals surface area contributed by atoms with Gasteiger partial charge in [0.25, 0.3) is 0 Å². The van der Waals surface area contributed by atoms with Gasteiger partial charge in [0, 0.05) is 0 Å². The zero-order valence-electron chi connectivity index (χ0n) is 16.7. The Kier molecular flexibility index (Phi) is 7.77. The summed E-state index contributed by atoms with van der Waals surface area (Å²) < 4.78 is 26.6. The van der Waals surface area contributed by atoms with E-state index >= 15 is 0 Å². The van der Waals surface area contributed by atoms with E-state index in [0.717, 1.165) is 0 Å². The van der Waals surface area contributed by atoms with Crippen LogP contribution in [0.5, 0.6) is 34.5 Å². The van der Waals surface area contributed by atoms with Crippen molar-refractivity contribution in [3.8, 4) is 34.5 Å². The van der Waals surface area contributed by atoms with Crippen molar-refractivity contribution in [2.75, 3.05) is 35.0 Å². The van der Waals surface area contributed by atoms with Gasteiger partial charge < -0.3 is 44.1 Å². The van der Waals surface area contributed by atoms with Crippen LogP contribution in [0.4, 0.5) is 0 Å². The Morgan fingerprint density at radius 1 is 0.793 bits per heavy atom. The number of aliphatic hydroxyl groups excluding tert-OH is 3. The van der Waals surface area contributed by atoms with E-state index in [-0.39, 0.29) is 41.1 Å². The van der Waals surface area contributed by atoms with Crippen LogP contribution in [0.3, 0.4) is 0 Å². The highest BCUT2D eigenvalue weighted by molar-refractivity contribution is 5.55. The Morgan fingerprint density at radius 3 is 1.66 bits per heavy atom. The van der Waals surface area contributed by atoms with Crippen molar-refractivity contribution < 1.29 is 44.1 Å². The molecule has 0 spiro atoms. The lowest BCUT2D eigenvalue weighted by Crippen LogP contribution is -2.29. The molecule has 160 valence electrons. The van der Waals surface area contributed by atoms with Crippen LogP contribution in [-0.2, 0) is 6.61 Å². The van der Waals surface area contributed by atoms with Gasteiger partial charge in [-0.3, -0.25) is 0 Å². The largest absolute Gasteiger partial charge is 0.502 e. The van der Waals surface area contributed by atoms with Crippen LogP contribution < -0.4 is 23.7 Å². The first-order valence-corrected chi connectivity index (χ1v) is 8.70. The van der Waals surface area contributed by atoms with Gasteiger partial charge in [0.05, 0.1) is 41.7 Å². The maximum atomic E-state index is 10.8. The molecular formula is C20H26O9. The summed E-state index contributed by atoms with van der Waals surface area (Å²) >= 11 is 0. The van der Waals surface area contributed by atoms with Gasteiger partial charge in [-0.05, 0) is 35.4 Å². The minimum atomic E-state index is -1.31. The first kappa shape index (κ1) is 22.4. The molecule has 0 fully saturated rings. The predicted molar refractivity (Wildman–Crippen MR) is 103 cm³/mol. The molecule has 0 aliphatic carbocycles. The van der Waals surface area contributed by atoms with Crippen molar-refractivity contribution >= 4 is 0 Å². The van der Waals surface area contributed by atoms with Crippen molar-refractivity contribution in [1.29, 1.82) is 0 Å². The van der Waals surface area contributed by atoms with Gasteiger partial charge in [0.1, 0.15) is 6.10 Å². The van der Waals surface area contributed by atoms with Crippen molar-refractivity contribution in [2.24, 2.45) is 0 Å². The summed E-state index contributed by atoms with van der Waals surface area (Å²) in [5.74, 6) is 0.660. The number of benzene rings is 2. The molecule has 0 radical (unpaired) electrons. The number of aromatic hydroxyl groups is 1. The fourth-order valence-corrected chi connectivity index (χ4v) is 2.79.